The Labute approximate surface area is 104 Å². The van der Waals surface area contributed by atoms with Crippen molar-refractivity contribution < 1.29 is 0 Å². The van der Waals surface area contributed by atoms with E-state index in [0.717, 1.165) is 16.5 Å². The Morgan fingerprint density at radius 2 is 2.00 bits per heavy atom. The van der Waals surface area contributed by atoms with E-state index >= 15 is 0 Å². The van der Waals surface area contributed by atoms with Crippen LogP contribution in [-0.4, -0.2) is 15.0 Å². The van der Waals surface area contributed by atoms with Crippen molar-refractivity contribution in [3.05, 3.63) is 52.1 Å². The van der Waals surface area contributed by atoms with E-state index in [1.807, 2.05) is 19.9 Å². The molecule has 0 saturated carbocycles. The number of benzene rings is 1. The topological polar surface area (TPSA) is 61.5 Å². The number of nitrogens with one attached hydrogen (secondary N) is 2. The first-order valence-corrected chi connectivity index (χ1v) is 5.79. The lowest BCUT2D eigenvalue weighted by atomic mass is 10.1. The van der Waals surface area contributed by atoms with Crippen LogP contribution in [0.3, 0.4) is 0 Å². The number of aryl methyl sites for hydroxylation is 2. The van der Waals surface area contributed by atoms with Gasteiger partial charge in [-0.15, -0.1) is 0 Å². The van der Waals surface area contributed by atoms with Gasteiger partial charge in [-0.3, -0.25) is 4.79 Å². The third-order valence-corrected chi connectivity index (χ3v) is 3.05. The van der Waals surface area contributed by atoms with E-state index in [1.54, 1.807) is 12.4 Å². The van der Waals surface area contributed by atoms with Crippen LogP contribution >= 0.6 is 0 Å². The molecule has 0 aliphatic heterocycles. The van der Waals surface area contributed by atoms with Crippen molar-refractivity contribution in [3.8, 4) is 11.4 Å². The fraction of sp³-hybridized carbons (Fsp3) is 0.143. The number of H-pyrrole nitrogens is 2. The van der Waals surface area contributed by atoms with Crippen molar-refractivity contribution in [1.29, 1.82) is 0 Å². The van der Waals surface area contributed by atoms with Gasteiger partial charge in [0.2, 0.25) is 0 Å². The Kier molecular flexibility index (Phi) is 2.30. The molecule has 0 unspecified atom stereocenters. The van der Waals surface area contributed by atoms with Crippen LogP contribution < -0.4 is 5.56 Å². The van der Waals surface area contributed by atoms with Crippen molar-refractivity contribution in [2.75, 3.05) is 0 Å². The van der Waals surface area contributed by atoms with Gasteiger partial charge in [-0.25, -0.2) is 4.98 Å². The molecule has 0 aliphatic carbocycles. The number of pyridine rings is 1. The molecular weight excluding hydrogens is 226 g/mol. The van der Waals surface area contributed by atoms with Crippen LogP contribution in [0, 0.1) is 13.8 Å². The van der Waals surface area contributed by atoms with Gasteiger partial charge in [0, 0.05) is 12.4 Å². The highest BCUT2D eigenvalue weighted by molar-refractivity contribution is 5.85. The van der Waals surface area contributed by atoms with Crippen LogP contribution in [0.1, 0.15) is 11.1 Å². The summed E-state index contributed by atoms with van der Waals surface area (Å²) in [6, 6.07) is 6.00. The molecule has 0 amide bonds. The number of hydrogen-bond donors (Lipinski definition) is 2. The van der Waals surface area contributed by atoms with Gasteiger partial charge in [-0.05, 0) is 36.9 Å². The van der Waals surface area contributed by atoms with Gasteiger partial charge in [0.15, 0.2) is 0 Å². The third-order valence-electron chi connectivity index (χ3n) is 3.05. The zero-order chi connectivity index (χ0) is 12.7. The highest BCUT2D eigenvalue weighted by Crippen LogP contribution is 2.20. The first-order valence-electron chi connectivity index (χ1n) is 5.79. The number of imidazole rings is 1. The second-order valence-corrected chi connectivity index (χ2v) is 4.50. The fourth-order valence-electron chi connectivity index (χ4n) is 2.28. The second-order valence-electron chi connectivity index (χ2n) is 4.50. The van der Waals surface area contributed by atoms with Crippen molar-refractivity contribution in [2.24, 2.45) is 0 Å². The van der Waals surface area contributed by atoms with E-state index < -0.39 is 0 Å². The summed E-state index contributed by atoms with van der Waals surface area (Å²) >= 11 is 0. The third kappa shape index (κ3) is 1.62. The molecule has 18 heavy (non-hydrogen) atoms. The predicted octanol–water partition coefficient (Wildman–Crippen LogP) is 2.54. The van der Waals surface area contributed by atoms with Gasteiger partial charge in [0.05, 0.1) is 11.1 Å². The average molecular weight is 239 g/mol. The van der Waals surface area contributed by atoms with Crippen molar-refractivity contribution in [1.82, 2.24) is 15.0 Å². The minimum Gasteiger partial charge on any atom is -0.344 e. The Balaban J connectivity index is 2.37. The lowest BCUT2D eigenvalue weighted by Gasteiger charge is -2.05. The highest BCUT2D eigenvalue weighted by atomic mass is 16.1. The molecule has 0 spiro atoms. The van der Waals surface area contributed by atoms with Crippen molar-refractivity contribution >= 4 is 10.9 Å². The molecule has 0 aliphatic rings. The molecule has 3 rings (SSSR count). The van der Waals surface area contributed by atoms with E-state index in [9.17, 15) is 4.79 Å². The van der Waals surface area contributed by atoms with Crippen LogP contribution in [0.4, 0.5) is 0 Å². The molecule has 4 heteroatoms. The Bertz CT molecular complexity index is 770. The van der Waals surface area contributed by atoms with Gasteiger partial charge in [-0.2, -0.15) is 0 Å². The first-order chi connectivity index (χ1) is 8.65. The number of nitrogens with zero attached hydrogens (tertiary/aromatic N) is 1. The molecule has 0 bridgehead atoms. The number of rotatable bonds is 1. The van der Waals surface area contributed by atoms with Crippen molar-refractivity contribution in [2.45, 2.75) is 13.8 Å². The van der Waals surface area contributed by atoms with Crippen LogP contribution in [0.15, 0.2) is 35.4 Å². The lowest BCUT2D eigenvalue weighted by molar-refractivity contribution is 1.23. The second kappa shape index (κ2) is 3.84. The summed E-state index contributed by atoms with van der Waals surface area (Å²) < 4.78 is 0. The molecule has 2 heterocycles. The summed E-state index contributed by atoms with van der Waals surface area (Å²) in [5.41, 5.74) is 3.59. The quantitative estimate of drug-likeness (QED) is 0.685. The van der Waals surface area contributed by atoms with E-state index in [0.29, 0.717) is 11.4 Å². The molecule has 90 valence electrons. The molecule has 0 atom stereocenters. The Morgan fingerprint density at radius 1 is 1.17 bits per heavy atom. The maximum atomic E-state index is 12.1. The van der Waals surface area contributed by atoms with Gasteiger partial charge in [0.25, 0.3) is 5.56 Å². The molecule has 2 aromatic heterocycles. The van der Waals surface area contributed by atoms with Gasteiger partial charge >= 0.3 is 0 Å². The molecule has 0 saturated heterocycles. The van der Waals surface area contributed by atoms with Crippen LogP contribution in [-0.2, 0) is 0 Å². The Hall–Kier alpha value is -2.36. The minimum atomic E-state index is -0.121. The summed E-state index contributed by atoms with van der Waals surface area (Å²) in [6.07, 6.45) is 3.35. The van der Waals surface area contributed by atoms with E-state index in [4.69, 9.17) is 0 Å². The number of hydrogen-bond acceptors (Lipinski definition) is 2. The number of fused-ring (bicyclic) bond motifs is 1. The smallest absolute Gasteiger partial charge is 0.259 e. The summed E-state index contributed by atoms with van der Waals surface area (Å²) in [6.45, 7) is 4.04. The zero-order valence-electron chi connectivity index (χ0n) is 10.2. The normalized spacial score (nSPS) is 11.0. The number of aromatic nitrogens is 3. The lowest BCUT2D eigenvalue weighted by Crippen LogP contribution is -2.10. The Morgan fingerprint density at radius 3 is 2.72 bits per heavy atom. The van der Waals surface area contributed by atoms with Crippen LogP contribution in [0.2, 0.25) is 0 Å². The molecule has 0 fully saturated rings. The van der Waals surface area contributed by atoms with Gasteiger partial charge in [0.1, 0.15) is 5.82 Å². The fourth-order valence-corrected chi connectivity index (χ4v) is 2.28. The zero-order valence-corrected chi connectivity index (χ0v) is 10.2. The molecule has 3 aromatic rings. The largest absolute Gasteiger partial charge is 0.344 e. The molecule has 2 N–H and O–H groups in total. The van der Waals surface area contributed by atoms with E-state index in [-0.39, 0.29) is 5.56 Å². The van der Waals surface area contributed by atoms with Gasteiger partial charge < -0.3 is 9.97 Å². The summed E-state index contributed by atoms with van der Waals surface area (Å²) in [7, 11) is 0. The average Bonchev–Trinajstić information content (AvgIpc) is 2.83. The van der Waals surface area contributed by atoms with E-state index in [1.165, 1.54) is 5.56 Å². The molecule has 1 aromatic carbocycles. The number of aromatic amines is 2. The monoisotopic (exact) mass is 239 g/mol. The van der Waals surface area contributed by atoms with Crippen LogP contribution in [0.5, 0.6) is 0 Å². The SMILES string of the molecule is Cc1cc(C)c2[nH]c(=O)c(-c3ncc[nH]3)cc2c1. The molecule has 4 nitrogen and oxygen atoms in total. The first kappa shape index (κ1) is 10.8. The van der Waals surface area contributed by atoms with Gasteiger partial charge in [-0.1, -0.05) is 11.6 Å². The molecular formula is C14H13N3O. The summed E-state index contributed by atoms with van der Waals surface area (Å²) in [5, 5.41) is 1.03. The highest BCUT2D eigenvalue weighted by Gasteiger charge is 2.08. The maximum Gasteiger partial charge on any atom is 0.259 e. The van der Waals surface area contributed by atoms with Crippen molar-refractivity contribution in [3.63, 3.8) is 0 Å². The molecule has 0 radical (unpaired) electrons. The summed E-state index contributed by atoms with van der Waals surface area (Å²) in [4.78, 5) is 22.1. The van der Waals surface area contributed by atoms with E-state index in [2.05, 4.69) is 27.1 Å². The predicted molar refractivity (Wildman–Crippen MR) is 71.6 cm³/mol. The standard InChI is InChI=1S/C14H13N3O/c1-8-5-9(2)12-10(6-8)7-11(14(18)17-12)13-15-3-4-16-13/h3-7H,1-2H3,(H,15,16)(H,17,18). The van der Waals surface area contributed by atoms with Crippen LogP contribution in [0.25, 0.3) is 22.3 Å². The minimum absolute atomic E-state index is 0.121. The summed E-state index contributed by atoms with van der Waals surface area (Å²) in [5.74, 6) is 0.595. The maximum absolute atomic E-state index is 12.1.